The Kier molecular flexibility index (Phi) is 3.16. The van der Waals surface area contributed by atoms with Crippen molar-refractivity contribution in [1.82, 2.24) is 0 Å². The lowest BCUT2D eigenvalue weighted by molar-refractivity contribution is -0.155. The quantitative estimate of drug-likeness (QED) is 0.798. The molecule has 17 heavy (non-hydrogen) atoms. The second kappa shape index (κ2) is 4.46. The predicted octanol–water partition coefficient (Wildman–Crippen LogP) is 1.43. The maximum absolute atomic E-state index is 11.1. The van der Waals surface area contributed by atoms with Crippen LogP contribution in [-0.2, 0) is 9.59 Å². The normalized spacial score (nSPS) is 31.6. The van der Waals surface area contributed by atoms with E-state index in [1.165, 1.54) is 0 Å². The zero-order valence-electron chi connectivity index (χ0n) is 8.98. The highest BCUT2D eigenvalue weighted by atomic mass is 31.0. The van der Waals surface area contributed by atoms with Gasteiger partial charge < -0.3 is 10.2 Å². The van der Waals surface area contributed by atoms with E-state index in [9.17, 15) is 9.59 Å². The molecule has 1 fully saturated rings. The van der Waals surface area contributed by atoms with Gasteiger partial charge >= 0.3 is 11.9 Å². The second-order valence-electron chi connectivity index (χ2n) is 4.24. The Morgan fingerprint density at radius 3 is 1.88 bits per heavy atom. The summed E-state index contributed by atoms with van der Waals surface area (Å²) >= 11 is 0. The minimum Gasteiger partial charge on any atom is -0.481 e. The van der Waals surface area contributed by atoms with Crippen molar-refractivity contribution < 1.29 is 19.8 Å². The smallest absolute Gasteiger partial charge is 0.307 e. The summed E-state index contributed by atoms with van der Waals surface area (Å²) in [6.45, 7) is 0. The molecule has 0 amide bonds. The van der Waals surface area contributed by atoms with Crippen molar-refractivity contribution in [1.29, 1.82) is 0 Å². The minimum atomic E-state index is -0.934. The van der Waals surface area contributed by atoms with Crippen LogP contribution in [0.5, 0.6) is 0 Å². The molecule has 1 aromatic rings. The molecular weight excluding hydrogens is 239 g/mol. The van der Waals surface area contributed by atoms with Gasteiger partial charge in [0.15, 0.2) is 0 Å². The van der Waals surface area contributed by atoms with Gasteiger partial charge in [-0.2, -0.15) is 0 Å². The van der Waals surface area contributed by atoms with E-state index in [0.29, 0.717) is 0 Å². The molecule has 4 nitrogen and oxygen atoms in total. The molecule has 0 bridgehead atoms. The summed E-state index contributed by atoms with van der Waals surface area (Å²) in [7, 11) is 2.35. The van der Waals surface area contributed by atoms with Crippen molar-refractivity contribution >= 4 is 21.2 Å². The zero-order chi connectivity index (χ0) is 12.6. The average molecular weight is 252 g/mol. The second-order valence-corrected chi connectivity index (χ2v) is 5.01. The van der Waals surface area contributed by atoms with Crippen LogP contribution in [-0.4, -0.2) is 27.8 Å². The molecular formula is C12H13O4P. The molecule has 1 aliphatic rings. The van der Waals surface area contributed by atoms with Gasteiger partial charge in [0.05, 0.1) is 11.8 Å². The molecule has 0 spiro atoms. The van der Waals surface area contributed by atoms with E-state index in [1.54, 1.807) is 24.3 Å². The van der Waals surface area contributed by atoms with Gasteiger partial charge in [-0.1, -0.05) is 30.3 Å². The van der Waals surface area contributed by atoms with Gasteiger partial charge in [0.25, 0.3) is 0 Å². The maximum Gasteiger partial charge on any atom is 0.307 e. The standard InChI is InChI=1S/C12H13O4P/c13-11(14)8-7(6-4-2-1-3-5-6)9(10(8)17)12(15)16/h1-5,7-10H,17H2,(H,13,14)(H,15,16)/t7-,8-,9-,10-/m1/s1. The Morgan fingerprint density at radius 1 is 1.00 bits per heavy atom. The van der Waals surface area contributed by atoms with E-state index in [4.69, 9.17) is 10.2 Å². The lowest BCUT2D eigenvalue weighted by Crippen LogP contribution is -2.53. The highest BCUT2D eigenvalue weighted by Crippen LogP contribution is 2.51. The summed E-state index contributed by atoms with van der Waals surface area (Å²) in [5.41, 5.74) is 0.376. The van der Waals surface area contributed by atoms with E-state index >= 15 is 0 Å². The topological polar surface area (TPSA) is 74.6 Å². The highest BCUT2D eigenvalue weighted by molar-refractivity contribution is 7.18. The molecule has 1 aromatic carbocycles. The van der Waals surface area contributed by atoms with E-state index in [-0.39, 0.29) is 0 Å². The molecule has 2 N–H and O–H groups in total. The molecule has 0 heterocycles. The maximum atomic E-state index is 11.1. The number of hydrogen-bond acceptors (Lipinski definition) is 2. The number of carboxylic acid groups (broad SMARTS) is 2. The summed E-state index contributed by atoms with van der Waals surface area (Å²) in [5.74, 6) is -3.58. The van der Waals surface area contributed by atoms with Crippen LogP contribution < -0.4 is 0 Å². The lowest BCUT2D eigenvalue weighted by Gasteiger charge is -2.46. The SMILES string of the molecule is O=C(O)[C@H]1[C@H](P)[C@H](C(=O)O)[C@H]1c1ccccc1. The van der Waals surface area contributed by atoms with Gasteiger partial charge in [0.1, 0.15) is 0 Å². The molecule has 3 atom stereocenters. The largest absolute Gasteiger partial charge is 0.481 e. The molecule has 1 unspecified atom stereocenters. The third kappa shape index (κ3) is 1.93. The molecule has 0 aromatic heterocycles. The van der Waals surface area contributed by atoms with Gasteiger partial charge in [0, 0.05) is 11.6 Å². The molecule has 0 saturated heterocycles. The Hall–Kier alpha value is -1.41. The van der Waals surface area contributed by atoms with Gasteiger partial charge in [-0.25, -0.2) is 0 Å². The van der Waals surface area contributed by atoms with Crippen LogP contribution in [0.1, 0.15) is 11.5 Å². The number of carbonyl (C=O) groups is 2. The van der Waals surface area contributed by atoms with Crippen LogP contribution in [0, 0.1) is 11.8 Å². The van der Waals surface area contributed by atoms with E-state index in [2.05, 4.69) is 9.24 Å². The first-order valence-corrected chi connectivity index (χ1v) is 5.97. The van der Waals surface area contributed by atoms with Gasteiger partial charge in [-0.3, -0.25) is 9.59 Å². The van der Waals surface area contributed by atoms with Crippen molar-refractivity contribution in [2.75, 3.05) is 0 Å². The lowest BCUT2D eigenvalue weighted by atomic mass is 9.61. The van der Waals surface area contributed by atoms with Crippen LogP contribution in [0.4, 0.5) is 0 Å². The minimum absolute atomic E-state index is 0.407. The number of rotatable bonds is 3. The number of benzene rings is 1. The summed E-state index contributed by atoms with van der Waals surface area (Å²) in [6, 6.07) is 8.98. The third-order valence-corrected chi connectivity index (χ3v) is 4.19. The molecule has 0 aliphatic heterocycles. The highest BCUT2D eigenvalue weighted by Gasteiger charge is 2.56. The third-order valence-electron chi connectivity index (χ3n) is 3.36. The fraction of sp³-hybridized carbons (Fsp3) is 0.333. The molecule has 0 radical (unpaired) electrons. The summed E-state index contributed by atoms with van der Waals surface area (Å²) in [4.78, 5) is 22.3. The number of aliphatic carboxylic acids is 2. The van der Waals surface area contributed by atoms with Crippen molar-refractivity contribution in [3.63, 3.8) is 0 Å². The zero-order valence-corrected chi connectivity index (χ0v) is 10.1. The van der Waals surface area contributed by atoms with Gasteiger partial charge in [0.2, 0.25) is 0 Å². The molecule has 1 aliphatic carbocycles. The van der Waals surface area contributed by atoms with E-state index in [0.717, 1.165) is 5.56 Å². The Labute approximate surface area is 101 Å². The first kappa shape index (κ1) is 12.1. The molecule has 5 heteroatoms. The average Bonchev–Trinajstić information content (AvgIpc) is 2.25. The Bertz CT molecular complexity index is 423. The number of carboxylic acids is 2. The van der Waals surface area contributed by atoms with Gasteiger partial charge in [-0.05, 0) is 5.56 Å². The summed E-state index contributed by atoms with van der Waals surface area (Å²) < 4.78 is 0. The summed E-state index contributed by atoms with van der Waals surface area (Å²) in [5, 5.41) is 18.3. The van der Waals surface area contributed by atoms with E-state index < -0.39 is 35.4 Å². The first-order chi connectivity index (χ1) is 8.04. The molecule has 90 valence electrons. The molecule has 2 rings (SSSR count). The van der Waals surface area contributed by atoms with Crippen LogP contribution in [0.3, 0.4) is 0 Å². The predicted molar refractivity (Wildman–Crippen MR) is 64.9 cm³/mol. The van der Waals surface area contributed by atoms with Crippen molar-refractivity contribution in [3.05, 3.63) is 35.9 Å². The van der Waals surface area contributed by atoms with Crippen molar-refractivity contribution in [3.8, 4) is 0 Å². The van der Waals surface area contributed by atoms with Crippen LogP contribution >= 0.6 is 9.24 Å². The first-order valence-electron chi connectivity index (χ1n) is 5.30. The Balaban J connectivity index is 2.34. The molecule has 1 saturated carbocycles. The van der Waals surface area contributed by atoms with Crippen molar-refractivity contribution in [2.24, 2.45) is 11.8 Å². The monoisotopic (exact) mass is 252 g/mol. The van der Waals surface area contributed by atoms with Crippen LogP contribution in [0.2, 0.25) is 0 Å². The van der Waals surface area contributed by atoms with E-state index in [1.807, 2.05) is 6.07 Å². The van der Waals surface area contributed by atoms with Crippen LogP contribution in [0.25, 0.3) is 0 Å². The fourth-order valence-electron chi connectivity index (χ4n) is 2.51. The fourth-order valence-corrected chi connectivity index (χ4v) is 3.31. The van der Waals surface area contributed by atoms with Crippen molar-refractivity contribution in [2.45, 2.75) is 11.6 Å². The van der Waals surface area contributed by atoms with Crippen LogP contribution in [0.15, 0.2) is 30.3 Å². The summed E-state index contributed by atoms with van der Waals surface area (Å²) in [6.07, 6.45) is 0. The Morgan fingerprint density at radius 2 is 1.47 bits per heavy atom. The number of hydrogen-bond donors (Lipinski definition) is 2. The van der Waals surface area contributed by atoms with Gasteiger partial charge in [-0.15, -0.1) is 9.24 Å².